The summed E-state index contributed by atoms with van der Waals surface area (Å²) in [6.07, 6.45) is 0. The van der Waals surface area contributed by atoms with Crippen LogP contribution in [0.1, 0.15) is 10.5 Å². The van der Waals surface area contributed by atoms with Crippen molar-refractivity contribution in [3.05, 3.63) is 35.0 Å². The van der Waals surface area contributed by atoms with Gasteiger partial charge in [0.25, 0.3) is 5.91 Å². The number of fused-ring (bicyclic) bond motifs is 1. The Hall–Kier alpha value is -2.01. The zero-order valence-electron chi connectivity index (χ0n) is 8.79. The molecule has 88 valence electrons. The molecule has 0 saturated heterocycles. The molecule has 0 radical (unpaired) electrons. The quantitative estimate of drug-likeness (QED) is 0.761. The van der Waals surface area contributed by atoms with E-state index in [4.69, 9.17) is 17.3 Å². The number of H-pyrrole nitrogens is 1. The Labute approximate surface area is 102 Å². The lowest BCUT2D eigenvalue weighted by atomic mass is 10.2. The minimum atomic E-state index is -0.590. The lowest BCUT2D eigenvalue weighted by Crippen LogP contribution is -2.33. The molecule has 0 aliphatic carbocycles. The Balaban J connectivity index is 2.27. The topological polar surface area (TPSA) is 88.0 Å². The van der Waals surface area contributed by atoms with Gasteiger partial charge in [-0.2, -0.15) is 0 Å². The third kappa shape index (κ3) is 2.39. The molecule has 0 unspecified atom stereocenters. The van der Waals surface area contributed by atoms with E-state index in [9.17, 15) is 9.59 Å². The van der Waals surface area contributed by atoms with Gasteiger partial charge in [0.1, 0.15) is 5.69 Å². The molecular formula is C11H10ClN3O2. The molecule has 2 amide bonds. The van der Waals surface area contributed by atoms with Gasteiger partial charge in [-0.15, -0.1) is 0 Å². The van der Waals surface area contributed by atoms with Crippen LogP contribution in [0, 0.1) is 0 Å². The van der Waals surface area contributed by atoms with E-state index in [0.717, 1.165) is 5.39 Å². The van der Waals surface area contributed by atoms with Gasteiger partial charge < -0.3 is 16.0 Å². The second-order valence-electron chi connectivity index (χ2n) is 3.54. The molecule has 0 aliphatic heterocycles. The summed E-state index contributed by atoms with van der Waals surface area (Å²) in [4.78, 5) is 25.1. The number of aromatic amines is 1. The Kier molecular flexibility index (Phi) is 3.01. The van der Waals surface area contributed by atoms with Crippen molar-refractivity contribution in [1.29, 1.82) is 0 Å². The fourth-order valence-corrected chi connectivity index (χ4v) is 1.73. The van der Waals surface area contributed by atoms with Gasteiger partial charge >= 0.3 is 0 Å². The van der Waals surface area contributed by atoms with E-state index in [-0.39, 0.29) is 6.54 Å². The third-order valence-electron chi connectivity index (χ3n) is 2.27. The number of benzene rings is 1. The van der Waals surface area contributed by atoms with E-state index in [1.54, 1.807) is 18.2 Å². The van der Waals surface area contributed by atoms with Crippen LogP contribution in [0.25, 0.3) is 10.9 Å². The summed E-state index contributed by atoms with van der Waals surface area (Å²) in [5.41, 5.74) is 5.97. The standard InChI is InChI=1S/C11H10ClN3O2/c12-7-3-1-2-6-4-8(15-10(6)7)11(17)14-5-9(13)16/h1-4,15H,5H2,(H2,13,16)(H,14,17). The Morgan fingerprint density at radius 1 is 1.41 bits per heavy atom. The van der Waals surface area contributed by atoms with E-state index in [0.29, 0.717) is 16.2 Å². The summed E-state index contributed by atoms with van der Waals surface area (Å²) in [7, 11) is 0. The molecule has 2 rings (SSSR count). The number of carbonyl (C=O) groups is 2. The molecule has 4 N–H and O–H groups in total. The lowest BCUT2D eigenvalue weighted by molar-refractivity contribution is -0.117. The van der Waals surface area contributed by atoms with Crippen molar-refractivity contribution in [3.8, 4) is 0 Å². The molecule has 0 bridgehead atoms. The summed E-state index contributed by atoms with van der Waals surface area (Å²) >= 11 is 5.97. The van der Waals surface area contributed by atoms with E-state index >= 15 is 0 Å². The predicted octanol–water partition coefficient (Wildman–Crippen LogP) is 1.04. The minimum absolute atomic E-state index is 0.193. The van der Waals surface area contributed by atoms with Crippen LogP contribution in [0.4, 0.5) is 0 Å². The number of carbonyl (C=O) groups excluding carboxylic acids is 2. The van der Waals surface area contributed by atoms with Crippen LogP contribution < -0.4 is 11.1 Å². The van der Waals surface area contributed by atoms with Gasteiger partial charge in [0.05, 0.1) is 17.1 Å². The number of para-hydroxylation sites is 1. The highest BCUT2D eigenvalue weighted by Crippen LogP contribution is 2.23. The molecule has 2 aromatic rings. The first kappa shape index (κ1) is 11.5. The summed E-state index contributed by atoms with van der Waals surface area (Å²) in [5.74, 6) is -0.983. The Morgan fingerprint density at radius 3 is 2.82 bits per heavy atom. The Bertz CT molecular complexity index is 591. The first-order chi connectivity index (χ1) is 8.08. The van der Waals surface area contributed by atoms with Crippen molar-refractivity contribution in [2.75, 3.05) is 6.54 Å². The van der Waals surface area contributed by atoms with Gasteiger partial charge in [-0.3, -0.25) is 9.59 Å². The second-order valence-corrected chi connectivity index (χ2v) is 3.94. The number of rotatable bonds is 3. The van der Waals surface area contributed by atoms with E-state index in [1.165, 1.54) is 0 Å². The van der Waals surface area contributed by atoms with Crippen LogP contribution in [0.3, 0.4) is 0 Å². The number of nitrogens with two attached hydrogens (primary N) is 1. The van der Waals surface area contributed by atoms with E-state index < -0.39 is 11.8 Å². The van der Waals surface area contributed by atoms with Crippen LogP contribution in [-0.4, -0.2) is 23.3 Å². The first-order valence-electron chi connectivity index (χ1n) is 4.91. The maximum absolute atomic E-state index is 11.6. The Morgan fingerprint density at radius 2 is 2.18 bits per heavy atom. The molecule has 6 heteroatoms. The number of aromatic nitrogens is 1. The van der Waals surface area contributed by atoms with Gasteiger partial charge in [0.15, 0.2) is 0 Å². The molecule has 0 saturated carbocycles. The summed E-state index contributed by atoms with van der Waals surface area (Å²) in [6, 6.07) is 7.02. The maximum atomic E-state index is 11.6. The SMILES string of the molecule is NC(=O)CNC(=O)c1cc2cccc(Cl)c2[nH]1. The number of amides is 2. The molecule has 0 spiro atoms. The minimum Gasteiger partial charge on any atom is -0.368 e. The maximum Gasteiger partial charge on any atom is 0.268 e. The van der Waals surface area contributed by atoms with Gasteiger partial charge in [-0.05, 0) is 12.1 Å². The van der Waals surface area contributed by atoms with Crippen LogP contribution in [0.5, 0.6) is 0 Å². The summed E-state index contributed by atoms with van der Waals surface area (Å²) in [5, 5.41) is 3.76. The zero-order valence-corrected chi connectivity index (χ0v) is 9.54. The fourth-order valence-electron chi connectivity index (χ4n) is 1.50. The second kappa shape index (κ2) is 4.47. The van der Waals surface area contributed by atoms with Crippen molar-refractivity contribution < 1.29 is 9.59 Å². The number of hydrogen-bond acceptors (Lipinski definition) is 2. The third-order valence-corrected chi connectivity index (χ3v) is 2.59. The van der Waals surface area contributed by atoms with Gasteiger partial charge in [0.2, 0.25) is 5.91 Å². The number of halogens is 1. The van der Waals surface area contributed by atoms with Crippen LogP contribution in [-0.2, 0) is 4.79 Å². The van der Waals surface area contributed by atoms with Crippen molar-refractivity contribution >= 4 is 34.3 Å². The molecule has 5 nitrogen and oxygen atoms in total. The van der Waals surface area contributed by atoms with Gasteiger partial charge in [0, 0.05) is 5.39 Å². The summed E-state index contributed by atoms with van der Waals surface area (Å²) < 4.78 is 0. The smallest absolute Gasteiger partial charge is 0.268 e. The van der Waals surface area contributed by atoms with Gasteiger partial charge in [-0.25, -0.2) is 0 Å². The van der Waals surface area contributed by atoms with Crippen LogP contribution in [0.15, 0.2) is 24.3 Å². The predicted molar refractivity (Wildman–Crippen MR) is 64.8 cm³/mol. The molecule has 17 heavy (non-hydrogen) atoms. The molecule has 0 atom stereocenters. The molecule has 1 aromatic carbocycles. The highest BCUT2D eigenvalue weighted by molar-refractivity contribution is 6.35. The lowest BCUT2D eigenvalue weighted by Gasteiger charge is -1.99. The average molecular weight is 252 g/mol. The van der Waals surface area contributed by atoms with Crippen LogP contribution in [0.2, 0.25) is 5.02 Å². The van der Waals surface area contributed by atoms with Crippen molar-refractivity contribution in [2.45, 2.75) is 0 Å². The van der Waals surface area contributed by atoms with Gasteiger partial charge in [-0.1, -0.05) is 23.7 Å². The fraction of sp³-hybridized carbons (Fsp3) is 0.0909. The highest BCUT2D eigenvalue weighted by atomic mass is 35.5. The van der Waals surface area contributed by atoms with E-state index in [1.807, 2.05) is 6.07 Å². The molecule has 1 aromatic heterocycles. The molecule has 0 aliphatic rings. The number of nitrogens with one attached hydrogen (secondary N) is 2. The molecule has 1 heterocycles. The molecule has 0 fully saturated rings. The monoisotopic (exact) mass is 251 g/mol. The van der Waals surface area contributed by atoms with E-state index in [2.05, 4.69) is 10.3 Å². The highest BCUT2D eigenvalue weighted by Gasteiger charge is 2.11. The van der Waals surface area contributed by atoms with Crippen molar-refractivity contribution in [1.82, 2.24) is 10.3 Å². The zero-order chi connectivity index (χ0) is 12.4. The average Bonchev–Trinajstić information content (AvgIpc) is 2.71. The molecular weight excluding hydrogens is 242 g/mol. The van der Waals surface area contributed by atoms with Crippen molar-refractivity contribution in [2.24, 2.45) is 5.73 Å². The largest absolute Gasteiger partial charge is 0.368 e. The summed E-state index contributed by atoms with van der Waals surface area (Å²) in [6.45, 7) is -0.193. The first-order valence-corrected chi connectivity index (χ1v) is 5.29. The van der Waals surface area contributed by atoms with Crippen LogP contribution >= 0.6 is 11.6 Å². The number of primary amides is 1. The normalized spacial score (nSPS) is 10.4. The number of hydrogen-bond donors (Lipinski definition) is 3. The van der Waals surface area contributed by atoms with Crippen molar-refractivity contribution in [3.63, 3.8) is 0 Å².